The Bertz CT molecular complexity index is 480. The molecule has 0 aliphatic heterocycles. The zero-order chi connectivity index (χ0) is 17.1. The molecule has 138 valence electrons. The summed E-state index contributed by atoms with van der Waals surface area (Å²) in [6.45, 7) is 5.11. The molecule has 4 aliphatic carbocycles. The van der Waals surface area contributed by atoms with Crippen LogP contribution in [0.15, 0.2) is 0 Å². The van der Waals surface area contributed by atoms with Gasteiger partial charge in [-0.25, -0.2) is 0 Å². The molecule has 0 aromatic heterocycles. The Balaban J connectivity index is 1.62. The van der Waals surface area contributed by atoms with Crippen molar-refractivity contribution in [1.29, 1.82) is 0 Å². The van der Waals surface area contributed by atoms with E-state index in [1.54, 1.807) is 0 Å². The molecule has 0 bridgehead atoms. The third-order valence-corrected chi connectivity index (χ3v) is 9.42. The third-order valence-electron chi connectivity index (χ3n) is 9.42. The van der Waals surface area contributed by atoms with Crippen molar-refractivity contribution in [3.8, 4) is 0 Å². The van der Waals surface area contributed by atoms with Crippen LogP contribution >= 0.6 is 0 Å². The van der Waals surface area contributed by atoms with Crippen LogP contribution < -0.4 is 11.5 Å². The van der Waals surface area contributed by atoms with E-state index in [2.05, 4.69) is 13.8 Å². The van der Waals surface area contributed by atoms with Crippen molar-refractivity contribution in [2.45, 2.75) is 83.7 Å². The van der Waals surface area contributed by atoms with Crippen LogP contribution in [0.3, 0.4) is 0 Å². The molecule has 0 saturated heterocycles. The Kier molecular flexibility index (Phi) is 4.29. The second-order valence-corrected chi connectivity index (χ2v) is 10.2. The Morgan fingerprint density at radius 3 is 2.54 bits per heavy atom. The fourth-order valence-electron chi connectivity index (χ4n) is 8.24. The smallest absolute Gasteiger partial charge is 0.0493 e. The molecule has 3 heteroatoms. The van der Waals surface area contributed by atoms with Gasteiger partial charge in [-0.1, -0.05) is 6.92 Å². The molecule has 4 saturated carbocycles. The van der Waals surface area contributed by atoms with Crippen molar-refractivity contribution in [1.82, 2.24) is 0 Å². The molecule has 4 rings (SSSR count). The highest BCUT2D eigenvalue weighted by Gasteiger charge is 2.61. The maximum atomic E-state index is 10.4. The molecule has 9 unspecified atom stereocenters. The van der Waals surface area contributed by atoms with E-state index in [0.717, 1.165) is 17.8 Å². The minimum Gasteiger partial charge on any atom is -0.396 e. The van der Waals surface area contributed by atoms with Gasteiger partial charge in [0.1, 0.15) is 0 Å². The molecule has 4 fully saturated rings. The highest BCUT2D eigenvalue weighted by molar-refractivity contribution is 5.11. The average molecular weight is 335 g/mol. The SMILES string of the molecule is CC(N)C1CCC2C3CCC4CC(N)CCC4(C)C3CCC12CO. The predicted octanol–water partition coefficient (Wildman–Crippen LogP) is 3.29. The van der Waals surface area contributed by atoms with Gasteiger partial charge in [-0.05, 0) is 99.7 Å². The van der Waals surface area contributed by atoms with Crippen LogP contribution in [-0.2, 0) is 0 Å². The van der Waals surface area contributed by atoms with Gasteiger partial charge in [0.2, 0.25) is 0 Å². The number of rotatable bonds is 2. The summed E-state index contributed by atoms with van der Waals surface area (Å²) >= 11 is 0. The van der Waals surface area contributed by atoms with Crippen molar-refractivity contribution < 1.29 is 5.11 Å². The standard InChI is InChI=1S/C21H38N2O/c1-13(22)17-5-6-19-16-4-3-14-11-15(23)7-9-20(14,2)18(16)8-10-21(17,19)12-24/h13-19,24H,3-12,22-23H2,1-2H3. The quantitative estimate of drug-likeness (QED) is 0.725. The van der Waals surface area contributed by atoms with Crippen LogP contribution in [0.1, 0.15) is 71.6 Å². The number of aliphatic hydroxyl groups excluding tert-OH is 1. The molecule has 4 aliphatic rings. The zero-order valence-corrected chi connectivity index (χ0v) is 15.7. The van der Waals surface area contributed by atoms with Crippen molar-refractivity contribution in [3.63, 3.8) is 0 Å². The first-order valence-electron chi connectivity index (χ1n) is 10.5. The third kappa shape index (κ3) is 2.27. The summed E-state index contributed by atoms with van der Waals surface area (Å²) < 4.78 is 0. The van der Waals surface area contributed by atoms with Crippen LogP contribution in [0.2, 0.25) is 0 Å². The molecular formula is C21H38N2O. The Labute approximate surface area is 147 Å². The van der Waals surface area contributed by atoms with Crippen LogP contribution in [0.4, 0.5) is 0 Å². The molecule has 0 aromatic carbocycles. The number of hydrogen-bond acceptors (Lipinski definition) is 3. The molecule has 0 amide bonds. The Morgan fingerprint density at radius 2 is 1.83 bits per heavy atom. The van der Waals surface area contributed by atoms with Gasteiger partial charge in [0, 0.05) is 24.1 Å². The molecular weight excluding hydrogens is 296 g/mol. The maximum Gasteiger partial charge on any atom is 0.0493 e. The molecule has 0 spiro atoms. The van der Waals surface area contributed by atoms with Gasteiger partial charge in [0.05, 0.1) is 0 Å². The number of hydrogen-bond donors (Lipinski definition) is 3. The Hall–Kier alpha value is -0.120. The van der Waals surface area contributed by atoms with E-state index in [1.807, 2.05) is 0 Å². The van der Waals surface area contributed by atoms with Crippen molar-refractivity contribution >= 4 is 0 Å². The second-order valence-electron chi connectivity index (χ2n) is 10.2. The predicted molar refractivity (Wildman–Crippen MR) is 98.3 cm³/mol. The van der Waals surface area contributed by atoms with Crippen LogP contribution in [0, 0.1) is 40.4 Å². The lowest BCUT2D eigenvalue weighted by Gasteiger charge is -2.61. The normalized spacial score (nSPS) is 55.4. The van der Waals surface area contributed by atoms with E-state index < -0.39 is 0 Å². The second kappa shape index (κ2) is 5.96. The summed E-state index contributed by atoms with van der Waals surface area (Å²) in [5.74, 6) is 3.77. The lowest BCUT2D eigenvalue weighted by atomic mass is 9.44. The van der Waals surface area contributed by atoms with Gasteiger partial charge in [0.25, 0.3) is 0 Å². The molecule has 24 heavy (non-hydrogen) atoms. The zero-order valence-electron chi connectivity index (χ0n) is 15.7. The largest absolute Gasteiger partial charge is 0.396 e. The summed E-state index contributed by atoms with van der Waals surface area (Å²) in [5.41, 5.74) is 13.3. The van der Waals surface area contributed by atoms with Crippen LogP contribution in [0.5, 0.6) is 0 Å². The molecule has 0 heterocycles. The van der Waals surface area contributed by atoms with E-state index >= 15 is 0 Å². The lowest BCUT2D eigenvalue weighted by Crippen LogP contribution is -2.56. The topological polar surface area (TPSA) is 72.3 Å². The molecule has 0 aromatic rings. The van der Waals surface area contributed by atoms with E-state index in [4.69, 9.17) is 11.5 Å². The molecule has 0 radical (unpaired) electrons. The summed E-state index contributed by atoms with van der Waals surface area (Å²) in [4.78, 5) is 0. The minimum absolute atomic E-state index is 0.129. The van der Waals surface area contributed by atoms with Crippen LogP contribution in [-0.4, -0.2) is 23.8 Å². The van der Waals surface area contributed by atoms with Gasteiger partial charge in [0.15, 0.2) is 0 Å². The van der Waals surface area contributed by atoms with Gasteiger partial charge in [-0.3, -0.25) is 0 Å². The fourth-order valence-corrected chi connectivity index (χ4v) is 8.24. The fraction of sp³-hybridized carbons (Fsp3) is 1.00. The maximum absolute atomic E-state index is 10.4. The minimum atomic E-state index is 0.129. The number of fused-ring (bicyclic) bond motifs is 5. The number of aliphatic hydroxyl groups is 1. The van der Waals surface area contributed by atoms with Crippen molar-refractivity contribution in [3.05, 3.63) is 0 Å². The molecule has 5 N–H and O–H groups in total. The summed E-state index contributed by atoms with van der Waals surface area (Å²) in [6.07, 6.45) is 11.6. The van der Waals surface area contributed by atoms with Crippen LogP contribution in [0.25, 0.3) is 0 Å². The number of nitrogens with two attached hydrogens (primary N) is 2. The van der Waals surface area contributed by atoms with E-state index in [-0.39, 0.29) is 11.5 Å². The molecule has 3 nitrogen and oxygen atoms in total. The van der Waals surface area contributed by atoms with Gasteiger partial charge in [-0.2, -0.15) is 0 Å². The first kappa shape index (κ1) is 17.3. The first-order valence-corrected chi connectivity index (χ1v) is 10.5. The van der Waals surface area contributed by atoms with E-state index in [0.29, 0.717) is 29.9 Å². The van der Waals surface area contributed by atoms with Crippen molar-refractivity contribution in [2.24, 2.45) is 51.9 Å². The Morgan fingerprint density at radius 1 is 1.04 bits per heavy atom. The highest BCUT2D eigenvalue weighted by atomic mass is 16.3. The first-order chi connectivity index (χ1) is 11.4. The van der Waals surface area contributed by atoms with Gasteiger partial charge in [-0.15, -0.1) is 0 Å². The summed E-state index contributed by atoms with van der Waals surface area (Å²) in [6, 6.07) is 0.659. The van der Waals surface area contributed by atoms with Gasteiger partial charge >= 0.3 is 0 Å². The average Bonchev–Trinajstić information content (AvgIpc) is 2.95. The highest BCUT2D eigenvalue weighted by Crippen LogP contribution is 2.67. The summed E-state index contributed by atoms with van der Waals surface area (Å²) in [5, 5.41) is 10.4. The monoisotopic (exact) mass is 334 g/mol. The lowest BCUT2D eigenvalue weighted by molar-refractivity contribution is -0.131. The van der Waals surface area contributed by atoms with Gasteiger partial charge < -0.3 is 16.6 Å². The summed E-state index contributed by atoms with van der Waals surface area (Å²) in [7, 11) is 0. The van der Waals surface area contributed by atoms with E-state index in [9.17, 15) is 5.11 Å². The van der Waals surface area contributed by atoms with Crippen molar-refractivity contribution in [2.75, 3.05) is 6.61 Å². The van der Waals surface area contributed by atoms with E-state index in [1.165, 1.54) is 57.8 Å². The molecule has 9 atom stereocenters.